The molecule has 16 heavy (non-hydrogen) atoms. The van der Waals surface area contributed by atoms with E-state index in [4.69, 9.17) is 0 Å². The van der Waals surface area contributed by atoms with Gasteiger partial charge in [0, 0.05) is 17.7 Å². The molecule has 0 aromatic rings. The van der Waals surface area contributed by atoms with Gasteiger partial charge in [0.2, 0.25) is 0 Å². The van der Waals surface area contributed by atoms with Gasteiger partial charge in [-0.25, -0.2) is 0 Å². The third kappa shape index (κ3) is 3.24. The van der Waals surface area contributed by atoms with E-state index in [2.05, 4.69) is 51.8 Å². The molecule has 2 heteroatoms. The molecule has 0 fully saturated rings. The van der Waals surface area contributed by atoms with Crippen molar-refractivity contribution in [1.82, 2.24) is 10.2 Å². The number of hydrogen-bond donors (Lipinski definition) is 1. The van der Waals surface area contributed by atoms with Crippen LogP contribution in [0.3, 0.4) is 0 Å². The molecule has 1 N–H and O–H groups in total. The topological polar surface area (TPSA) is 15.3 Å². The van der Waals surface area contributed by atoms with Crippen LogP contribution in [0.25, 0.3) is 0 Å². The molecule has 0 saturated carbocycles. The van der Waals surface area contributed by atoms with Gasteiger partial charge in [0.05, 0.1) is 6.67 Å². The second kappa shape index (κ2) is 5.22. The zero-order valence-electron chi connectivity index (χ0n) is 11.9. The first kappa shape index (κ1) is 13.6. The second-order valence-corrected chi connectivity index (χ2v) is 6.19. The molecule has 1 rings (SSSR count). The van der Waals surface area contributed by atoms with E-state index in [1.165, 1.54) is 18.7 Å². The normalized spacial score (nSPS) is 19.2. The van der Waals surface area contributed by atoms with Crippen molar-refractivity contribution in [1.29, 1.82) is 0 Å². The second-order valence-electron chi connectivity index (χ2n) is 6.19. The molecule has 0 saturated heterocycles. The summed E-state index contributed by atoms with van der Waals surface area (Å²) >= 11 is 0. The SMILES string of the molecule is CCCN1CNC(C(C)(C)C)=C(C(C)C)C1. The highest BCUT2D eigenvalue weighted by molar-refractivity contribution is 5.23. The van der Waals surface area contributed by atoms with Crippen molar-refractivity contribution in [3.05, 3.63) is 11.3 Å². The largest absolute Gasteiger partial charge is 0.375 e. The zero-order chi connectivity index (χ0) is 12.3. The average Bonchev–Trinajstić information content (AvgIpc) is 2.16. The van der Waals surface area contributed by atoms with Gasteiger partial charge in [-0.15, -0.1) is 0 Å². The first-order valence-electron chi connectivity index (χ1n) is 6.56. The summed E-state index contributed by atoms with van der Waals surface area (Å²) in [5.74, 6) is 0.640. The smallest absolute Gasteiger partial charge is 0.0678 e. The van der Waals surface area contributed by atoms with Crippen LogP contribution in [0.2, 0.25) is 0 Å². The first-order chi connectivity index (χ1) is 7.36. The Bertz CT molecular complexity index is 258. The van der Waals surface area contributed by atoms with E-state index in [0.717, 1.165) is 13.2 Å². The minimum absolute atomic E-state index is 0.248. The fraction of sp³-hybridized carbons (Fsp3) is 0.857. The predicted octanol–water partition coefficient (Wildman–Crippen LogP) is 3.22. The molecule has 0 aromatic carbocycles. The van der Waals surface area contributed by atoms with Crippen molar-refractivity contribution < 1.29 is 0 Å². The Balaban J connectivity index is 2.89. The van der Waals surface area contributed by atoms with Crippen LogP contribution in [-0.2, 0) is 0 Å². The third-order valence-corrected chi connectivity index (χ3v) is 3.18. The fourth-order valence-electron chi connectivity index (χ4n) is 2.37. The van der Waals surface area contributed by atoms with Gasteiger partial charge in [0.1, 0.15) is 0 Å². The molecule has 0 unspecified atom stereocenters. The predicted molar refractivity (Wildman–Crippen MR) is 71.2 cm³/mol. The van der Waals surface area contributed by atoms with Crippen LogP contribution in [0, 0.1) is 11.3 Å². The lowest BCUT2D eigenvalue weighted by molar-refractivity contribution is 0.238. The number of hydrogen-bond acceptors (Lipinski definition) is 2. The van der Waals surface area contributed by atoms with Gasteiger partial charge in [-0.05, 0) is 24.5 Å². The summed E-state index contributed by atoms with van der Waals surface area (Å²) in [5, 5.41) is 3.63. The van der Waals surface area contributed by atoms with Crippen LogP contribution in [-0.4, -0.2) is 24.7 Å². The molecule has 0 atom stereocenters. The molecule has 1 aliphatic rings. The van der Waals surface area contributed by atoms with E-state index < -0.39 is 0 Å². The molecule has 0 amide bonds. The standard InChI is InChI=1S/C14H28N2/c1-7-8-16-9-12(11(2)3)13(15-10-16)14(4,5)6/h11,15H,7-10H2,1-6H3. The molecule has 0 aromatic heterocycles. The van der Waals surface area contributed by atoms with Gasteiger partial charge in [-0.1, -0.05) is 41.5 Å². The van der Waals surface area contributed by atoms with E-state index >= 15 is 0 Å². The Morgan fingerprint density at radius 2 is 1.94 bits per heavy atom. The lowest BCUT2D eigenvalue weighted by atomic mass is 9.84. The van der Waals surface area contributed by atoms with E-state index in [0.29, 0.717) is 5.92 Å². The number of allylic oxidation sites excluding steroid dienone is 1. The van der Waals surface area contributed by atoms with Crippen molar-refractivity contribution in [2.75, 3.05) is 19.8 Å². The molecule has 1 heterocycles. The Morgan fingerprint density at radius 1 is 1.31 bits per heavy atom. The number of nitrogens with zero attached hydrogens (tertiary/aromatic N) is 1. The average molecular weight is 224 g/mol. The molecule has 0 aliphatic carbocycles. The van der Waals surface area contributed by atoms with E-state index in [1.54, 1.807) is 5.57 Å². The van der Waals surface area contributed by atoms with Gasteiger partial charge >= 0.3 is 0 Å². The zero-order valence-corrected chi connectivity index (χ0v) is 11.9. The van der Waals surface area contributed by atoms with E-state index in [1.807, 2.05) is 0 Å². The van der Waals surface area contributed by atoms with Gasteiger partial charge in [-0.3, -0.25) is 4.90 Å². The summed E-state index contributed by atoms with van der Waals surface area (Å²) < 4.78 is 0. The van der Waals surface area contributed by atoms with Crippen LogP contribution < -0.4 is 5.32 Å². The molecule has 0 bridgehead atoms. The molecule has 0 radical (unpaired) electrons. The lowest BCUT2D eigenvalue weighted by Gasteiger charge is -2.38. The minimum atomic E-state index is 0.248. The summed E-state index contributed by atoms with van der Waals surface area (Å²) in [6.07, 6.45) is 1.23. The van der Waals surface area contributed by atoms with Gasteiger partial charge < -0.3 is 5.32 Å². The van der Waals surface area contributed by atoms with Crippen molar-refractivity contribution >= 4 is 0 Å². The summed E-state index contributed by atoms with van der Waals surface area (Å²) in [4.78, 5) is 2.50. The quantitative estimate of drug-likeness (QED) is 0.792. The van der Waals surface area contributed by atoms with E-state index in [9.17, 15) is 0 Å². The van der Waals surface area contributed by atoms with Gasteiger partial charge in [0.25, 0.3) is 0 Å². The highest BCUT2D eigenvalue weighted by atomic mass is 15.2. The fourth-order valence-corrected chi connectivity index (χ4v) is 2.37. The molecular weight excluding hydrogens is 196 g/mol. The van der Waals surface area contributed by atoms with Gasteiger partial charge in [0.15, 0.2) is 0 Å². The van der Waals surface area contributed by atoms with Crippen LogP contribution in [0.4, 0.5) is 0 Å². The maximum Gasteiger partial charge on any atom is 0.0678 e. The van der Waals surface area contributed by atoms with Crippen molar-refractivity contribution in [3.63, 3.8) is 0 Å². The lowest BCUT2D eigenvalue weighted by Crippen LogP contribution is -2.45. The Hall–Kier alpha value is -0.500. The van der Waals surface area contributed by atoms with Gasteiger partial charge in [-0.2, -0.15) is 0 Å². The summed E-state index contributed by atoms with van der Waals surface area (Å²) in [7, 11) is 0. The minimum Gasteiger partial charge on any atom is -0.375 e. The highest BCUT2D eigenvalue weighted by Gasteiger charge is 2.27. The first-order valence-corrected chi connectivity index (χ1v) is 6.56. The van der Waals surface area contributed by atoms with Crippen LogP contribution in [0.1, 0.15) is 48.0 Å². The van der Waals surface area contributed by atoms with Crippen molar-refractivity contribution in [2.24, 2.45) is 11.3 Å². The summed E-state index contributed by atoms with van der Waals surface area (Å²) in [5.41, 5.74) is 3.31. The Kier molecular flexibility index (Phi) is 4.43. The number of rotatable bonds is 3. The van der Waals surface area contributed by atoms with Crippen LogP contribution in [0.15, 0.2) is 11.3 Å². The Morgan fingerprint density at radius 3 is 2.38 bits per heavy atom. The molecule has 94 valence electrons. The molecular formula is C14H28N2. The van der Waals surface area contributed by atoms with Crippen LogP contribution in [0.5, 0.6) is 0 Å². The maximum atomic E-state index is 3.63. The number of nitrogens with one attached hydrogen (secondary N) is 1. The summed E-state index contributed by atoms with van der Waals surface area (Å²) in [6, 6.07) is 0. The monoisotopic (exact) mass is 224 g/mol. The Labute approximate surface area is 101 Å². The van der Waals surface area contributed by atoms with Crippen molar-refractivity contribution in [3.8, 4) is 0 Å². The third-order valence-electron chi connectivity index (χ3n) is 3.18. The molecule has 2 nitrogen and oxygen atoms in total. The summed E-state index contributed by atoms with van der Waals surface area (Å²) in [6.45, 7) is 17.1. The van der Waals surface area contributed by atoms with Crippen molar-refractivity contribution in [2.45, 2.75) is 48.0 Å². The molecule has 0 spiro atoms. The highest BCUT2D eigenvalue weighted by Crippen LogP contribution is 2.31. The van der Waals surface area contributed by atoms with E-state index in [-0.39, 0.29) is 5.41 Å². The maximum absolute atomic E-state index is 3.63. The molecule has 1 aliphatic heterocycles. The van der Waals surface area contributed by atoms with Crippen LogP contribution >= 0.6 is 0 Å².